The van der Waals surface area contributed by atoms with Crippen molar-refractivity contribution in [2.24, 2.45) is 5.92 Å². The van der Waals surface area contributed by atoms with Gasteiger partial charge >= 0.3 is 5.97 Å². The van der Waals surface area contributed by atoms with Gasteiger partial charge in [-0.25, -0.2) is 0 Å². The minimum Gasteiger partial charge on any atom is -0.493 e. The van der Waals surface area contributed by atoms with Crippen molar-refractivity contribution in [1.82, 2.24) is 0 Å². The maximum atomic E-state index is 11.3. The summed E-state index contributed by atoms with van der Waals surface area (Å²) in [5, 5.41) is 12.9. The van der Waals surface area contributed by atoms with Crippen LogP contribution in [0.3, 0.4) is 0 Å². The standard InChI is InChI=1S/C22H20N2O3/c1-13(25)27-20-9-7-15(11-21(20)26-2)22-17-5-3-4-16(17)18-10-14(12-23)6-8-19(18)24-22/h3-4,6-11,16-17,22,24H,5H2,1-2H3. The quantitative estimate of drug-likeness (QED) is 0.501. The van der Waals surface area contributed by atoms with Gasteiger partial charge in [0.2, 0.25) is 0 Å². The van der Waals surface area contributed by atoms with Crippen LogP contribution in [0, 0.1) is 17.2 Å². The maximum Gasteiger partial charge on any atom is 0.308 e. The molecule has 2 aromatic rings. The first-order valence-corrected chi connectivity index (χ1v) is 8.94. The fraction of sp³-hybridized carbons (Fsp3) is 0.273. The van der Waals surface area contributed by atoms with E-state index in [1.807, 2.05) is 30.3 Å². The van der Waals surface area contributed by atoms with Crippen LogP contribution < -0.4 is 14.8 Å². The summed E-state index contributed by atoms with van der Waals surface area (Å²) in [6, 6.07) is 13.8. The first-order valence-electron chi connectivity index (χ1n) is 8.94. The van der Waals surface area contributed by atoms with Crippen molar-refractivity contribution >= 4 is 11.7 Å². The highest BCUT2D eigenvalue weighted by atomic mass is 16.6. The second-order valence-electron chi connectivity index (χ2n) is 6.89. The van der Waals surface area contributed by atoms with Gasteiger partial charge in [-0.15, -0.1) is 0 Å². The molecule has 1 N–H and O–H groups in total. The predicted molar refractivity (Wildman–Crippen MR) is 102 cm³/mol. The van der Waals surface area contributed by atoms with Gasteiger partial charge in [0.05, 0.1) is 24.8 Å². The number of nitriles is 1. The van der Waals surface area contributed by atoms with Gasteiger partial charge in [0.15, 0.2) is 11.5 Å². The Bertz CT molecular complexity index is 974. The molecule has 0 saturated heterocycles. The number of allylic oxidation sites excluding steroid dienone is 2. The number of carbonyl (C=O) groups excluding carboxylic acids is 1. The summed E-state index contributed by atoms with van der Waals surface area (Å²) in [7, 11) is 1.57. The maximum absolute atomic E-state index is 11.3. The van der Waals surface area contributed by atoms with E-state index in [4.69, 9.17) is 9.47 Å². The lowest BCUT2D eigenvalue weighted by atomic mass is 9.76. The zero-order valence-electron chi connectivity index (χ0n) is 15.2. The first kappa shape index (κ1) is 17.2. The van der Waals surface area contributed by atoms with Gasteiger partial charge in [-0.1, -0.05) is 18.2 Å². The molecule has 1 aliphatic carbocycles. The normalized spacial score (nSPS) is 22.2. The molecule has 3 unspecified atom stereocenters. The van der Waals surface area contributed by atoms with Crippen molar-refractivity contribution in [1.29, 1.82) is 5.26 Å². The third kappa shape index (κ3) is 3.04. The first-order chi connectivity index (χ1) is 13.1. The highest BCUT2D eigenvalue weighted by Gasteiger charge is 2.38. The smallest absolute Gasteiger partial charge is 0.308 e. The van der Waals surface area contributed by atoms with Gasteiger partial charge in [0, 0.05) is 18.5 Å². The van der Waals surface area contributed by atoms with E-state index in [0.29, 0.717) is 23.0 Å². The van der Waals surface area contributed by atoms with Crippen molar-refractivity contribution < 1.29 is 14.3 Å². The van der Waals surface area contributed by atoms with Gasteiger partial charge in [-0.2, -0.15) is 5.26 Å². The molecule has 0 radical (unpaired) electrons. The number of rotatable bonds is 3. The Balaban J connectivity index is 1.72. The summed E-state index contributed by atoms with van der Waals surface area (Å²) in [6.07, 6.45) is 5.41. The van der Waals surface area contributed by atoms with Crippen LogP contribution in [0.5, 0.6) is 11.5 Å². The molecule has 1 heterocycles. The predicted octanol–water partition coefficient (Wildman–Crippen LogP) is 4.32. The molecule has 2 aliphatic rings. The van der Waals surface area contributed by atoms with E-state index in [9.17, 15) is 10.1 Å². The molecule has 4 rings (SSSR count). The van der Waals surface area contributed by atoms with E-state index in [2.05, 4.69) is 23.5 Å². The molecule has 0 aromatic heterocycles. The van der Waals surface area contributed by atoms with E-state index in [1.165, 1.54) is 12.5 Å². The molecule has 0 spiro atoms. The number of nitrogens with zero attached hydrogens (tertiary/aromatic N) is 1. The fourth-order valence-electron chi connectivity index (χ4n) is 4.11. The van der Waals surface area contributed by atoms with Gasteiger partial charge in [0.25, 0.3) is 0 Å². The van der Waals surface area contributed by atoms with Crippen molar-refractivity contribution in [2.45, 2.75) is 25.3 Å². The molecule has 0 fully saturated rings. The summed E-state index contributed by atoms with van der Waals surface area (Å²) < 4.78 is 10.7. The molecule has 0 bridgehead atoms. The Morgan fingerprint density at radius 3 is 2.81 bits per heavy atom. The number of esters is 1. The average molecular weight is 360 g/mol. The molecule has 3 atom stereocenters. The highest BCUT2D eigenvalue weighted by molar-refractivity contribution is 5.70. The monoisotopic (exact) mass is 360 g/mol. The van der Waals surface area contributed by atoms with E-state index >= 15 is 0 Å². The number of ether oxygens (including phenoxy) is 2. The molecule has 0 saturated carbocycles. The zero-order chi connectivity index (χ0) is 19.0. The van der Waals surface area contributed by atoms with E-state index in [1.54, 1.807) is 13.2 Å². The fourth-order valence-corrected chi connectivity index (χ4v) is 4.11. The van der Waals surface area contributed by atoms with E-state index in [0.717, 1.165) is 17.7 Å². The van der Waals surface area contributed by atoms with Crippen molar-refractivity contribution in [3.63, 3.8) is 0 Å². The van der Waals surface area contributed by atoms with Crippen LogP contribution in [0.2, 0.25) is 0 Å². The van der Waals surface area contributed by atoms with Gasteiger partial charge in [0.1, 0.15) is 0 Å². The lowest BCUT2D eigenvalue weighted by molar-refractivity contribution is -0.132. The molecule has 136 valence electrons. The Morgan fingerprint density at radius 1 is 1.22 bits per heavy atom. The summed E-state index contributed by atoms with van der Waals surface area (Å²) in [5.41, 5.74) is 3.99. The summed E-state index contributed by atoms with van der Waals surface area (Å²) in [6.45, 7) is 1.37. The van der Waals surface area contributed by atoms with Crippen LogP contribution in [0.25, 0.3) is 0 Å². The molecular weight excluding hydrogens is 340 g/mol. The summed E-state index contributed by atoms with van der Waals surface area (Å²) in [5.74, 6) is 1.22. The molecular formula is C22H20N2O3. The van der Waals surface area contributed by atoms with E-state index in [-0.39, 0.29) is 17.9 Å². The molecule has 5 nitrogen and oxygen atoms in total. The van der Waals surface area contributed by atoms with Crippen LogP contribution in [-0.4, -0.2) is 13.1 Å². The highest BCUT2D eigenvalue weighted by Crippen LogP contribution is 2.50. The largest absolute Gasteiger partial charge is 0.493 e. The Hall–Kier alpha value is -3.26. The average Bonchev–Trinajstić information content (AvgIpc) is 3.17. The Kier molecular flexibility index (Phi) is 4.33. The number of methoxy groups -OCH3 is 1. The van der Waals surface area contributed by atoms with Crippen molar-refractivity contribution in [3.05, 3.63) is 65.2 Å². The van der Waals surface area contributed by atoms with Crippen LogP contribution in [0.15, 0.2) is 48.6 Å². The van der Waals surface area contributed by atoms with Crippen molar-refractivity contribution in [2.75, 3.05) is 12.4 Å². The number of benzene rings is 2. The third-order valence-electron chi connectivity index (χ3n) is 5.29. The molecule has 0 amide bonds. The second kappa shape index (κ2) is 6.81. The van der Waals surface area contributed by atoms with Crippen LogP contribution in [0.1, 0.15) is 42.0 Å². The molecule has 2 aromatic carbocycles. The Labute approximate surface area is 158 Å². The van der Waals surface area contributed by atoms with Gasteiger partial charge < -0.3 is 14.8 Å². The van der Waals surface area contributed by atoms with Crippen LogP contribution in [-0.2, 0) is 4.79 Å². The number of hydrogen-bond acceptors (Lipinski definition) is 5. The summed E-state index contributed by atoms with van der Waals surface area (Å²) in [4.78, 5) is 11.3. The molecule has 27 heavy (non-hydrogen) atoms. The lowest BCUT2D eigenvalue weighted by Gasteiger charge is -2.37. The van der Waals surface area contributed by atoms with Crippen LogP contribution >= 0.6 is 0 Å². The van der Waals surface area contributed by atoms with Crippen LogP contribution in [0.4, 0.5) is 5.69 Å². The SMILES string of the molecule is COc1cc(C2Nc3ccc(C#N)cc3C3C=CCC32)ccc1OC(C)=O. The molecule has 1 aliphatic heterocycles. The minimum absolute atomic E-state index is 0.103. The molecule has 5 heteroatoms. The van der Waals surface area contributed by atoms with E-state index < -0.39 is 0 Å². The lowest BCUT2D eigenvalue weighted by Crippen LogP contribution is -2.29. The topological polar surface area (TPSA) is 71.3 Å². The van der Waals surface area contributed by atoms with Gasteiger partial charge in [-0.3, -0.25) is 4.79 Å². The second-order valence-corrected chi connectivity index (χ2v) is 6.89. The number of anilines is 1. The van der Waals surface area contributed by atoms with Crippen molar-refractivity contribution in [3.8, 4) is 17.6 Å². The number of carbonyl (C=O) groups is 1. The third-order valence-corrected chi connectivity index (χ3v) is 5.29. The number of fused-ring (bicyclic) bond motifs is 3. The minimum atomic E-state index is -0.376. The Morgan fingerprint density at radius 2 is 2.07 bits per heavy atom. The summed E-state index contributed by atoms with van der Waals surface area (Å²) >= 11 is 0. The number of hydrogen-bond donors (Lipinski definition) is 1. The number of nitrogens with one attached hydrogen (secondary N) is 1. The zero-order valence-corrected chi connectivity index (χ0v) is 15.2. The van der Waals surface area contributed by atoms with Gasteiger partial charge in [-0.05, 0) is 53.8 Å².